The second-order valence-corrected chi connectivity index (χ2v) is 7.84. The normalized spacial score (nSPS) is 15.4. The van der Waals surface area contributed by atoms with Crippen LogP contribution in [0.25, 0.3) is 10.9 Å². The topological polar surface area (TPSA) is 47.2 Å². The van der Waals surface area contributed by atoms with E-state index in [2.05, 4.69) is 74.7 Å². The standard InChI is InChI=1S/C23H31N5/c1-19-5-4-6-22(15-19)28-13-11-27(12-14-28)10-3-2-9-24-17-20-7-8-21-18-25-26-23(21)16-20/h4-8,15-16,18,24H,2-3,9-14,17H2,1H3,(H,25,26). The summed E-state index contributed by atoms with van der Waals surface area (Å²) in [5.74, 6) is 0. The molecule has 5 heteroatoms. The fourth-order valence-corrected chi connectivity index (χ4v) is 3.97. The first-order valence-electron chi connectivity index (χ1n) is 10.4. The molecule has 148 valence electrons. The summed E-state index contributed by atoms with van der Waals surface area (Å²) in [7, 11) is 0. The maximum atomic E-state index is 4.08. The van der Waals surface area contributed by atoms with E-state index in [1.165, 1.54) is 54.7 Å². The van der Waals surface area contributed by atoms with Crippen molar-refractivity contribution in [2.75, 3.05) is 44.2 Å². The van der Waals surface area contributed by atoms with Gasteiger partial charge in [0, 0.05) is 43.8 Å². The number of rotatable bonds is 8. The van der Waals surface area contributed by atoms with Gasteiger partial charge in [-0.05, 0) is 62.2 Å². The average molecular weight is 378 g/mol. The number of aromatic amines is 1. The molecule has 1 aromatic heterocycles. The molecule has 3 aromatic rings. The molecular formula is C23H31N5. The third-order valence-corrected chi connectivity index (χ3v) is 5.65. The van der Waals surface area contributed by atoms with E-state index in [0.717, 1.165) is 31.7 Å². The number of benzene rings is 2. The summed E-state index contributed by atoms with van der Waals surface area (Å²) in [6.45, 7) is 9.99. The fourth-order valence-electron chi connectivity index (χ4n) is 3.97. The molecule has 1 aliphatic rings. The molecule has 2 N–H and O–H groups in total. The van der Waals surface area contributed by atoms with E-state index in [1.807, 2.05) is 6.20 Å². The molecule has 5 nitrogen and oxygen atoms in total. The van der Waals surface area contributed by atoms with E-state index in [9.17, 15) is 0 Å². The maximum absolute atomic E-state index is 4.08. The van der Waals surface area contributed by atoms with Crippen molar-refractivity contribution in [3.05, 3.63) is 59.8 Å². The number of hydrogen-bond acceptors (Lipinski definition) is 4. The molecule has 1 aliphatic heterocycles. The van der Waals surface area contributed by atoms with Crippen molar-refractivity contribution in [1.29, 1.82) is 0 Å². The van der Waals surface area contributed by atoms with Gasteiger partial charge in [0.1, 0.15) is 0 Å². The van der Waals surface area contributed by atoms with Crippen LogP contribution in [0.2, 0.25) is 0 Å². The number of piperazine rings is 1. The number of aryl methyl sites for hydroxylation is 1. The Morgan fingerprint density at radius 2 is 1.93 bits per heavy atom. The Hall–Kier alpha value is -2.37. The van der Waals surface area contributed by atoms with Gasteiger partial charge in [0.25, 0.3) is 0 Å². The van der Waals surface area contributed by atoms with Crippen molar-refractivity contribution in [2.24, 2.45) is 0 Å². The zero-order valence-electron chi connectivity index (χ0n) is 16.8. The lowest BCUT2D eigenvalue weighted by atomic mass is 10.1. The van der Waals surface area contributed by atoms with Crippen LogP contribution >= 0.6 is 0 Å². The molecule has 0 unspecified atom stereocenters. The minimum Gasteiger partial charge on any atom is -0.369 e. The van der Waals surface area contributed by atoms with Gasteiger partial charge in [-0.1, -0.05) is 24.3 Å². The fraction of sp³-hybridized carbons (Fsp3) is 0.435. The molecule has 0 amide bonds. The van der Waals surface area contributed by atoms with Gasteiger partial charge >= 0.3 is 0 Å². The largest absolute Gasteiger partial charge is 0.369 e. The Labute approximate surface area is 167 Å². The number of nitrogens with one attached hydrogen (secondary N) is 2. The predicted molar refractivity (Wildman–Crippen MR) is 117 cm³/mol. The van der Waals surface area contributed by atoms with E-state index in [-0.39, 0.29) is 0 Å². The quantitative estimate of drug-likeness (QED) is 0.589. The summed E-state index contributed by atoms with van der Waals surface area (Å²) in [6, 6.07) is 15.4. The molecule has 0 spiro atoms. The number of anilines is 1. The van der Waals surface area contributed by atoms with Crippen LogP contribution in [-0.2, 0) is 6.54 Å². The second-order valence-electron chi connectivity index (χ2n) is 7.84. The van der Waals surface area contributed by atoms with E-state index >= 15 is 0 Å². The van der Waals surface area contributed by atoms with Crippen molar-refractivity contribution < 1.29 is 0 Å². The molecule has 0 bridgehead atoms. The van der Waals surface area contributed by atoms with Crippen LogP contribution in [0.3, 0.4) is 0 Å². The Morgan fingerprint density at radius 3 is 2.79 bits per heavy atom. The number of nitrogens with zero attached hydrogens (tertiary/aromatic N) is 3. The summed E-state index contributed by atoms with van der Waals surface area (Å²) in [6.07, 6.45) is 4.36. The summed E-state index contributed by atoms with van der Waals surface area (Å²) < 4.78 is 0. The Kier molecular flexibility index (Phi) is 6.24. The first-order valence-corrected chi connectivity index (χ1v) is 10.4. The van der Waals surface area contributed by atoms with E-state index in [0.29, 0.717) is 0 Å². The van der Waals surface area contributed by atoms with Crippen LogP contribution in [0.15, 0.2) is 48.7 Å². The number of unbranched alkanes of at least 4 members (excludes halogenated alkanes) is 1. The van der Waals surface area contributed by atoms with Gasteiger partial charge in [-0.2, -0.15) is 5.10 Å². The third-order valence-electron chi connectivity index (χ3n) is 5.65. The first kappa shape index (κ1) is 19.0. The minimum absolute atomic E-state index is 0.921. The molecule has 4 rings (SSSR count). The molecule has 0 aliphatic carbocycles. The van der Waals surface area contributed by atoms with Gasteiger partial charge in [-0.25, -0.2) is 0 Å². The molecule has 2 aromatic carbocycles. The Bertz CT molecular complexity index is 879. The highest BCUT2D eigenvalue weighted by molar-refractivity contribution is 5.78. The van der Waals surface area contributed by atoms with Crippen LogP contribution in [0.5, 0.6) is 0 Å². The molecule has 1 fully saturated rings. The smallest absolute Gasteiger partial charge is 0.0653 e. The highest BCUT2D eigenvalue weighted by Gasteiger charge is 2.16. The highest BCUT2D eigenvalue weighted by Crippen LogP contribution is 2.18. The van der Waals surface area contributed by atoms with Gasteiger partial charge in [-0.15, -0.1) is 0 Å². The third kappa shape index (κ3) is 4.91. The SMILES string of the molecule is Cc1cccc(N2CCN(CCCCNCc3ccc4cn[nH]c4c3)CC2)c1. The molecule has 1 saturated heterocycles. The van der Waals surface area contributed by atoms with Crippen LogP contribution in [0.4, 0.5) is 5.69 Å². The monoisotopic (exact) mass is 377 g/mol. The van der Waals surface area contributed by atoms with Crippen LogP contribution in [0.1, 0.15) is 24.0 Å². The van der Waals surface area contributed by atoms with Gasteiger partial charge in [0.15, 0.2) is 0 Å². The number of aromatic nitrogens is 2. The molecule has 28 heavy (non-hydrogen) atoms. The van der Waals surface area contributed by atoms with Crippen molar-refractivity contribution in [3.63, 3.8) is 0 Å². The van der Waals surface area contributed by atoms with Gasteiger partial charge in [0.05, 0.1) is 11.7 Å². The Morgan fingerprint density at radius 1 is 1.04 bits per heavy atom. The average Bonchev–Trinajstić information content (AvgIpc) is 3.19. The molecule has 0 radical (unpaired) electrons. The number of fused-ring (bicyclic) bond motifs is 1. The van der Waals surface area contributed by atoms with Gasteiger partial charge < -0.3 is 10.2 Å². The highest BCUT2D eigenvalue weighted by atomic mass is 15.3. The van der Waals surface area contributed by atoms with Crippen LogP contribution in [-0.4, -0.2) is 54.4 Å². The lowest BCUT2D eigenvalue weighted by Crippen LogP contribution is -2.46. The van der Waals surface area contributed by atoms with Crippen LogP contribution in [0, 0.1) is 6.92 Å². The van der Waals surface area contributed by atoms with Crippen molar-refractivity contribution in [1.82, 2.24) is 20.4 Å². The molecule has 0 atom stereocenters. The second kappa shape index (κ2) is 9.22. The van der Waals surface area contributed by atoms with Crippen molar-refractivity contribution in [3.8, 4) is 0 Å². The van der Waals surface area contributed by atoms with Crippen LogP contribution < -0.4 is 10.2 Å². The Balaban J connectivity index is 1.10. The molecular weight excluding hydrogens is 346 g/mol. The molecule has 0 saturated carbocycles. The zero-order valence-corrected chi connectivity index (χ0v) is 16.8. The van der Waals surface area contributed by atoms with Gasteiger partial charge in [-0.3, -0.25) is 10.00 Å². The van der Waals surface area contributed by atoms with E-state index in [4.69, 9.17) is 0 Å². The van der Waals surface area contributed by atoms with Crippen molar-refractivity contribution in [2.45, 2.75) is 26.3 Å². The summed E-state index contributed by atoms with van der Waals surface area (Å²) in [5.41, 5.74) is 5.14. The summed E-state index contributed by atoms with van der Waals surface area (Å²) in [4.78, 5) is 5.13. The lowest BCUT2D eigenvalue weighted by Gasteiger charge is -2.36. The van der Waals surface area contributed by atoms with E-state index < -0.39 is 0 Å². The predicted octanol–water partition coefficient (Wildman–Crippen LogP) is 3.56. The molecule has 2 heterocycles. The maximum Gasteiger partial charge on any atom is 0.0653 e. The zero-order chi connectivity index (χ0) is 19.2. The number of H-pyrrole nitrogens is 1. The number of hydrogen-bond donors (Lipinski definition) is 2. The first-order chi connectivity index (χ1) is 13.8. The van der Waals surface area contributed by atoms with Crippen molar-refractivity contribution >= 4 is 16.6 Å². The summed E-state index contributed by atoms with van der Waals surface area (Å²) in [5, 5.41) is 11.9. The van der Waals surface area contributed by atoms with E-state index in [1.54, 1.807) is 0 Å². The summed E-state index contributed by atoms with van der Waals surface area (Å²) >= 11 is 0. The minimum atomic E-state index is 0.921. The van der Waals surface area contributed by atoms with Gasteiger partial charge in [0.2, 0.25) is 0 Å². The lowest BCUT2D eigenvalue weighted by molar-refractivity contribution is 0.252.